The summed E-state index contributed by atoms with van der Waals surface area (Å²) in [5.41, 5.74) is -0.0469. The Morgan fingerprint density at radius 1 is 1.33 bits per heavy atom. The fourth-order valence-electron chi connectivity index (χ4n) is 0.612. The van der Waals surface area contributed by atoms with E-state index < -0.39 is 6.10 Å². The van der Waals surface area contributed by atoms with E-state index in [2.05, 4.69) is 0 Å². The van der Waals surface area contributed by atoms with E-state index in [1.807, 2.05) is 27.7 Å². The first-order valence-corrected chi connectivity index (χ1v) is 3.14. The summed E-state index contributed by atoms with van der Waals surface area (Å²) in [5, 5.41) is 10.9. The van der Waals surface area contributed by atoms with Gasteiger partial charge in [-0.05, 0) is 0 Å². The summed E-state index contributed by atoms with van der Waals surface area (Å²) in [6, 6.07) is 0. The van der Waals surface area contributed by atoms with E-state index >= 15 is 0 Å². The van der Waals surface area contributed by atoms with Crippen LogP contribution in [0.3, 0.4) is 0 Å². The van der Waals surface area contributed by atoms with Gasteiger partial charge in [-0.1, -0.05) is 39.5 Å². The van der Waals surface area contributed by atoms with Crippen LogP contribution in [0.15, 0.2) is 0 Å². The smallest absolute Gasteiger partial charge is 0.852 e. The molecule has 0 aliphatic carbocycles. The van der Waals surface area contributed by atoms with Crippen molar-refractivity contribution in [1.82, 2.24) is 0 Å². The molecule has 0 fully saturated rings. The molecule has 0 aromatic carbocycles. The largest absolute Gasteiger partial charge is 1.00 e. The maximum absolute atomic E-state index is 10.9. The summed E-state index contributed by atoms with van der Waals surface area (Å²) in [5.74, 6) is 0. The van der Waals surface area contributed by atoms with Crippen LogP contribution in [0.1, 0.15) is 34.1 Å². The van der Waals surface area contributed by atoms with E-state index in [0.717, 1.165) is 6.42 Å². The molecular weight excluding hydrogens is 123 g/mol. The van der Waals surface area contributed by atoms with E-state index in [1.165, 1.54) is 0 Å². The molecule has 0 rings (SSSR count). The molecule has 0 amide bonds. The summed E-state index contributed by atoms with van der Waals surface area (Å²) in [6.45, 7) is 7.87. The third-order valence-electron chi connectivity index (χ3n) is 1.34. The van der Waals surface area contributed by atoms with Crippen molar-refractivity contribution in [1.29, 1.82) is 0 Å². The van der Waals surface area contributed by atoms with Gasteiger partial charge in [-0.25, -0.2) is 0 Å². The van der Waals surface area contributed by atoms with Crippen LogP contribution in [-0.4, -0.2) is 6.10 Å². The van der Waals surface area contributed by atoms with Crippen LogP contribution in [0.4, 0.5) is 0 Å². The average Bonchev–Trinajstić information content (AvgIpc) is 1.62. The first-order valence-electron chi connectivity index (χ1n) is 3.14. The molecule has 1 nitrogen and oxygen atoms in total. The van der Waals surface area contributed by atoms with Gasteiger partial charge in [0, 0.05) is 0 Å². The predicted molar refractivity (Wildman–Crippen MR) is 33.5 cm³/mol. The fourth-order valence-corrected chi connectivity index (χ4v) is 0.612. The third-order valence-corrected chi connectivity index (χ3v) is 1.34. The molecule has 0 bridgehead atoms. The SMILES string of the molecule is CCC([O-])C(C)(C)C.[Na+]. The van der Waals surface area contributed by atoms with Crippen molar-refractivity contribution in [3.8, 4) is 0 Å². The molecule has 0 aliphatic heterocycles. The summed E-state index contributed by atoms with van der Waals surface area (Å²) in [4.78, 5) is 0. The molecule has 0 saturated heterocycles. The zero-order valence-corrected chi connectivity index (χ0v) is 9.19. The van der Waals surface area contributed by atoms with Crippen LogP contribution in [0.2, 0.25) is 0 Å². The van der Waals surface area contributed by atoms with E-state index in [0.29, 0.717) is 0 Å². The minimum atomic E-state index is -0.400. The summed E-state index contributed by atoms with van der Waals surface area (Å²) in [6.07, 6.45) is 0.339. The molecule has 0 aromatic rings. The maximum Gasteiger partial charge on any atom is 1.00 e. The van der Waals surface area contributed by atoms with Gasteiger partial charge in [-0.3, -0.25) is 0 Å². The van der Waals surface area contributed by atoms with Crippen LogP contribution >= 0.6 is 0 Å². The fraction of sp³-hybridized carbons (Fsp3) is 1.00. The Hall–Kier alpha value is 0.960. The molecule has 0 N–H and O–H groups in total. The van der Waals surface area contributed by atoms with E-state index in [9.17, 15) is 5.11 Å². The summed E-state index contributed by atoms with van der Waals surface area (Å²) in [7, 11) is 0. The van der Waals surface area contributed by atoms with Gasteiger partial charge in [0.05, 0.1) is 0 Å². The quantitative estimate of drug-likeness (QED) is 0.391. The van der Waals surface area contributed by atoms with Crippen molar-refractivity contribution in [3.63, 3.8) is 0 Å². The first kappa shape index (κ1) is 12.6. The zero-order valence-electron chi connectivity index (χ0n) is 7.19. The van der Waals surface area contributed by atoms with E-state index in [4.69, 9.17) is 0 Å². The Balaban J connectivity index is 0. The topological polar surface area (TPSA) is 23.1 Å². The zero-order chi connectivity index (χ0) is 6.78. The van der Waals surface area contributed by atoms with Gasteiger partial charge < -0.3 is 5.11 Å². The second kappa shape index (κ2) is 4.73. The van der Waals surface area contributed by atoms with E-state index in [-0.39, 0.29) is 35.0 Å². The molecule has 0 aliphatic rings. The molecule has 0 spiro atoms. The Bertz CT molecular complexity index is 65.8. The van der Waals surface area contributed by atoms with Crippen LogP contribution in [0, 0.1) is 5.41 Å². The minimum Gasteiger partial charge on any atom is -0.852 e. The molecule has 9 heavy (non-hydrogen) atoms. The first-order chi connectivity index (χ1) is 3.48. The maximum atomic E-state index is 10.9. The Morgan fingerprint density at radius 2 is 1.67 bits per heavy atom. The Kier molecular flexibility index (Phi) is 6.63. The predicted octanol–water partition coefficient (Wildman–Crippen LogP) is -1.82. The van der Waals surface area contributed by atoms with E-state index in [1.54, 1.807) is 0 Å². The third kappa shape index (κ3) is 5.41. The number of hydrogen-bond acceptors (Lipinski definition) is 1. The summed E-state index contributed by atoms with van der Waals surface area (Å²) < 4.78 is 0. The molecule has 0 radical (unpaired) electrons. The van der Waals surface area contributed by atoms with Crippen molar-refractivity contribution < 1.29 is 34.7 Å². The second-order valence-electron chi connectivity index (χ2n) is 3.26. The van der Waals surface area contributed by atoms with Gasteiger partial charge in [0.25, 0.3) is 0 Å². The molecular formula is C7H15NaO. The molecule has 1 atom stereocenters. The summed E-state index contributed by atoms with van der Waals surface area (Å²) >= 11 is 0. The Morgan fingerprint density at radius 3 is 1.67 bits per heavy atom. The van der Waals surface area contributed by atoms with Crippen molar-refractivity contribution in [2.24, 2.45) is 5.41 Å². The van der Waals surface area contributed by atoms with Crippen molar-refractivity contribution in [3.05, 3.63) is 0 Å². The van der Waals surface area contributed by atoms with Crippen LogP contribution < -0.4 is 34.7 Å². The van der Waals surface area contributed by atoms with Crippen LogP contribution in [0.25, 0.3) is 0 Å². The normalized spacial score (nSPS) is 14.3. The molecule has 2 heteroatoms. The van der Waals surface area contributed by atoms with Crippen molar-refractivity contribution in [2.75, 3.05) is 0 Å². The molecule has 0 heterocycles. The standard InChI is InChI=1S/C7H15O.Na/c1-5-6(8)7(2,3)4;/h6H,5H2,1-4H3;/q-1;+1. The van der Waals surface area contributed by atoms with Crippen LogP contribution in [0.5, 0.6) is 0 Å². The molecule has 50 valence electrons. The molecule has 1 unspecified atom stereocenters. The van der Waals surface area contributed by atoms with Gasteiger partial charge in [0.1, 0.15) is 0 Å². The molecule has 0 aromatic heterocycles. The van der Waals surface area contributed by atoms with Gasteiger partial charge >= 0.3 is 29.6 Å². The number of hydrogen-bond donors (Lipinski definition) is 0. The van der Waals surface area contributed by atoms with Gasteiger partial charge in [-0.15, -0.1) is 6.10 Å². The van der Waals surface area contributed by atoms with Crippen molar-refractivity contribution in [2.45, 2.75) is 40.2 Å². The van der Waals surface area contributed by atoms with Gasteiger partial charge in [0.15, 0.2) is 0 Å². The molecule has 0 saturated carbocycles. The van der Waals surface area contributed by atoms with Gasteiger partial charge in [0.2, 0.25) is 0 Å². The average molecular weight is 138 g/mol. The second-order valence-corrected chi connectivity index (χ2v) is 3.26. The number of rotatable bonds is 1. The minimum absolute atomic E-state index is 0. The van der Waals surface area contributed by atoms with Crippen molar-refractivity contribution >= 4 is 0 Å². The monoisotopic (exact) mass is 138 g/mol. The van der Waals surface area contributed by atoms with Gasteiger partial charge in [-0.2, -0.15) is 0 Å². The Labute approximate surface area is 80.1 Å². The van der Waals surface area contributed by atoms with Crippen LogP contribution in [-0.2, 0) is 0 Å².